The second-order valence-electron chi connectivity index (χ2n) is 5.94. The molecule has 2 unspecified atom stereocenters. The standard InChI is InChI=1S/C16H33NO/c1-4-14(3)16(17-5-2)13-18-12-15-10-8-6-7-9-11-15/h14-17H,4-13H2,1-3H3. The van der Waals surface area contributed by atoms with Gasteiger partial charge in [-0.15, -0.1) is 0 Å². The van der Waals surface area contributed by atoms with E-state index in [1.807, 2.05) is 0 Å². The van der Waals surface area contributed by atoms with Crippen molar-refractivity contribution in [1.29, 1.82) is 0 Å². The zero-order valence-electron chi connectivity index (χ0n) is 12.7. The number of hydrogen-bond acceptors (Lipinski definition) is 2. The van der Waals surface area contributed by atoms with Crippen molar-refractivity contribution in [3.8, 4) is 0 Å². The fourth-order valence-electron chi connectivity index (χ4n) is 2.86. The first-order valence-electron chi connectivity index (χ1n) is 8.09. The van der Waals surface area contributed by atoms with Crippen molar-refractivity contribution in [3.05, 3.63) is 0 Å². The minimum absolute atomic E-state index is 0.533. The Morgan fingerprint density at radius 2 is 1.78 bits per heavy atom. The van der Waals surface area contributed by atoms with E-state index in [1.165, 1.54) is 44.9 Å². The minimum Gasteiger partial charge on any atom is -0.380 e. The Morgan fingerprint density at radius 3 is 2.33 bits per heavy atom. The molecule has 1 N–H and O–H groups in total. The molecule has 0 aromatic carbocycles. The highest BCUT2D eigenvalue weighted by Gasteiger charge is 2.17. The Balaban J connectivity index is 2.20. The molecule has 1 fully saturated rings. The molecule has 0 radical (unpaired) electrons. The second kappa shape index (κ2) is 9.80. The van der Waals surface area contributed by atoms with Gasteiger partial charge in [-0.3, -0.25) is 0 Å². The average Bonchev–Trinajstić information content (AvgIpc) is 2.65. The third kappa shape index (κ3) is 6.19. The van der Waals surface area contributed by atoms with E-state index < -0.39 is 0 Å². The molecule has 0 aromatic heterocycles. The van der Waals surface area contributed by atoms with Crippen molar-refractivity contribution in [3.63, 3.8) is 0 Å². The van der Waals surface area contributed by atoms with Crippen LogP contribution in [0.1, 0.15) is 65.7 Å². The molecule has 108 valence electrons. The first-order chi connectivity index (χ1) is 8.77. The maximum Gasteiger partial charge on any atom is 0.0622 e. The zero-order chi connectivity index (χ0) is 13.2. The van der Waals surface area contributed by atoms with Crippen LogP contribution in [-0.4, -0.2) is 25.8 Å². The van der Waals surface area contributed by atoms with Crippen molar-refractivity contribution >= 4 is 0 Å². The summed E-state index contributed by atoms with van der Waals surface area (Å²) in [6, 6.07) is 0.533. The Morgan fingerprint density at radius 1 is 1.11 bits per heavy atom. The van der Waals surface area contributed by atoms with Gasteiger partial charge in [-0.2, -0.15) is 0 Å². The Labute approximate surface area is 114 Å². The first kappa shape index (κ1) is 16.0. The van der Waals surface area contributed by atoms with Crippen LogP contribution in [0.4, 0.5) is 0 Å². The van der Waals surface area contributed by atoms with Crippen LogP contribution >= 0.6 is 0 Å². The summed E-state index contributed by atoms with van der Waals surface area (Å²) in [6.45, 7) is 9.68. The lowest BCUT2D eigenvalue weighted by Crippen LogP contribution is -2.39. The highest BCUT2D eigenvalue weighted by Crippen LogP contribution is 2.23. The molecule has 18 heavy (non-hydrogen) atoms. The Hall–Kier alpha value is -0.0800. The van der Waals surface area contributed by atoms with Crippen LogP contribution in [0.25, 0.3) is 0 Å². The van der Waals surface area contributed by atoms with E-state index in [0.717, 1.165) is 25.7 Å². The molecular formula is C16H33NO. The lowest BCUT2D eigenvalue weighted by Gasteiger charge is -2.25. The SMILES string of the molecule is CCNC(COCC1CCCCCC1)C(C)CC. The van der Waals surface area contributed by atoms with Crippen molar-refractivity contribution in [2.24, 2.45) is 11.8 Å². The second-order valence-corrected chi connectivity index (χ2v) is 5.94. The molecule has 1 saturated carbocycles. The normalized spacial score (nSPS) is 21.5. The topological polar surface area (TPSA) is 21.3 Å². The molecule has 0 heterocycles. The van der Waals surface area contributed by atoms with E-state index in [4.69, 9.17) is 4.74 Å². The number of hydrogen-bond donors (Lipinski definition) is 1. The maximum absolute atomic E-state index is 6.00. The van der Waals surface area contributed by atoms with Gasteiger partial charge in [0.2, 0.25) is 0 Å². The summed E-state index contributed by atoms with van der Waals surface area (Å²) in [5.41, 5.74) is 0. The van der Waals surface area contributed by atoms with E-state index in [-0.39, 0.29) is 0 Å². The Kier molecular flexibility index (Phi) is 8.70. The Bertz CT molecular complexity index is 188. The molecular weight excluding hydrogens is 222 g/mol. The minimum atomic E-state index is 0.533. The third-order valence-electron chi connectivity index (χ3n) is 4.42. The number of nitrogens with one attached hydrogen (secondary N) is 1. The molecule has 1 aliphatic carbocycles. The summed E-state index contributed by atoms with van der Waals surface area (Å²) >= 11 is 0. The maximum atomic E-state index is 6.00. The fraction of sp³-hybridized carbons (Fsp3) is 1.00. The molecule has 0 aromatic rings. The highest BCUT2D eigenvalue weighted by atomic mass is 16.5. The summed E-state index contributed by atoms with van der Waals surface area (Å²) in [6.07, 6.45) is 9.69. The van der Waals surface area contributed by atoms with Crippen molar-refractivity contribution in [1.82, 2.24) is 5.32 Å². The molecule has 0 bridgehead atoms. The fourth-order valence-corrected chi connectivity index (χ4v) is 2.86. The third-order valence-corrected chi connectivity index (χ3v) is 4.42. The summed E-state index contributed by atoms with van der Waals surface area (Å²) in [5, 5.41) is 3.56. The molecule has 2 nitrogen and oxygen atoms in total. The average molecular weight is 255 g/mol. The van der Waals surface area contributed by atoms with Crippen LogP contribution in [0.2, 0.25) is 0 Å². The predicted molar refractivity (Wildman–Crippen MR) is 78.9 cm³/mol. The molecule has 0 aliphatic heterocycles. The van der Waals surface area contributed by atoms with Crippen molar-refractivity contribution in [2.75, 3.05) is 19.8 Å². The molecule has 0 amide bonds. The quantitative estimate of drug-likeness (QED) is 0.662. The summed E-state index contributed by atoms with van der Waals surface area (Å²) in [4.78, 5) is 0. The summed E-state index contributed by atoms with van der Waals surface area (Å²) in [7, 11) is 0. The van der Waals surface area contributed by atoms with Crippen LogP contribution < -0.4 is 5.32 Å². The van der Waals surface area contributed by atoms with Gasteiger partial charge >= 0.3 is 0 Å². The van der Waals surface area contributed by atoms with E-state index in [9.17, 15) is 0 Å². The van der Waals surface area contributed by atoms with Gasteiger partial charge in [-0.05, 0) is 31.2 Å². The van der Waals surface area contributed by atoms with Crippen LogP contribution in [0, 0.1) is 11.8 Å². The highest BCUT2D eigenvalue weighted by molar-refractivity contribution is 4.72. The molecule has 2 heteroatoms. The van der Waals surface area contributed by atoms with Gasteiger partial charge in [0.1, 0.15) is 0 Å². The molecule has 1 aliphatic rings. The monoisotopic (exact) mass is 255 g/mol. The van der Waals surface area contributed by atoms with Gasteiger partial charge < -0.3 is 10.1 Å². The zero-order valence-corrected chi connectivity index (χ0v) is 12.7. The number of likely N-dealkylation sites (N-methyl/N-ethyl adjacent to an activating group) is 1. The van der Waals surface area contributed by atoms with E-state index >= 15 is 0 Å². The molecule has 0 saturated heterocycles. The largest absolute Gasteiger partial charge is 0.380 e. The molecule has 1 rings (SSSR count). The number of rotatable bonds is 8. The van der Waals surface area contributed by atoms with Crippen LogP contribution in [-0.2, 0) is 4.74 Å². The summed E-state index contributed by atoms with van der Waals surface area (Å²) in [5.74, 6) is 1.53. The smallest absolute Gasteiger partial charge is 0.0622 e. The molecule has 2 atom stereocenters. The van der Waals surface area contributed by atoms with E-state index in [0.29, 0.717) is 12.0 Å². The predicted octanol–water partition coefficient (Wildman–Crippen LogP) is 4.00. The van der Waals surface area contributed by atoms with Crippen LogP contribution in [0.15, 0.2) is 0 Å². The van der Waals surface area contributed by atoms with Gasteiger partial charge in [0, 0.05) is 12.6 Å². The summed E-state index contributed by atoms with van der Waals surface area (Å²) < 4.78 is 6.00. The van der Waals surface area contributed by atoms with Gasteiger partial charge in [0.25, 0.3) is 0 Å². The van der Waals surface area contributed by atoms with Gasteiger partial charge in [0.05, 0.1) is 6.61 Å². The first-order valence-corrected chi connectivity index (χ1v) is 8.09. The van der Waals surface area contributed by atoms with Crippen molar-refractivity contribution < 1.29 is 4.74 Å². The lowest BCUT2D eigenvalue weighted by molar-refractivity contribution is 0.0650. The van der Waals surface area contributed by atoms with Gasteiger partial charge in [-0.1, -0.05) is 52.9 Å². The molecule has 0 spiro atoms. The van der Waals surface area contributed by atoms with E-state index in [2.05, 4.69) is 26.1 Å². The van der Waals surface area contributed by atoms with Crippen LogP contribution in [0.3, 0.4) is 0 Å². The lowest BCUT2D eigenvalue weighted by atomic mass is 9.99. The van der Waals surface area contributed by atoms with Crippen LogP contribution in [0.5, 0.6) is 0 Å². The van der Waals surface area contributed by atoms with E-state index in [1.54, 1.807) is 0 Å². The number of ether oxygens (including phenoxy) is 1. The van der Waals surface area contributed by atoms with Gasteiger partial charge in [-0.25, -0.2) is 0 Å². The van der Waals surface area contributed by atoms with Crippen molar-refractivity contribution in [2.45, 2.75) is 71.8 Å². The van der Waals surface area contributed by atoms with Gasteiger partial charge in [0.15, 0.2) is 0 Å².